The normalized spacial score (nSPS) is 11.1. The Morgan fingerprint density at radius 2 is 1.90 bits per heavy atom. The fourth-order valence-electron chi connectivity index (χ4n) is 3.16. The van der Waals surface area contributed by atoms with E-state index >= 15 is 0 Å². The Hall–Kier alpha value is -3.57. The Kier molecular flexibility index (Phi) is 5.91. The van der Waals surface area contributed by atoms with E-state index in [2.05, 4.69) is 20.9 Å². The first-order valence-corrected chi connectivity index (χ1v) is 9.93. The first-order chi connectivity index (χ1) is 14.5. The van der Waals surface area contributed by atoms with Crippen molar-refractivity contribution in [3.05, 3.63) is 57.1 Å². The van der Waals surface area contributed by atoms with Gasteiger partial charge in [-0.3, -0.25) is 9.59 Å². The van der Waals surface area contributed by atoms with Crippen LogP contribution in [0.25, 0.3) is 10.9 Å². The number of nitriles is 1. The van der Waals surface area contributed by atoms with Gasteiger partial charge < -0.3 is 20.5 Å². The fourth-order valence-corrected chi connectivity index (χ4v) is 3.40. The van der Waals surface area contributed by atoms with E-state index in [1.807, 2.05) is 39.0 Å². The summed E-state index contributed by atoms with van der Waals surface area (Å²) in [4.78, 5) is 28.4. The van der Waals surface area contributed by atoms with E-state index < -0.39 is 5.91 Å². The minimum absolute atomic E-state index is 0.0654. The summed E-state index contributed by atoms with van der Waals surface area (Å²) in [5, 5.41) is 19.3. The van der Waals surface area contributed by atoms with Gasteiger partial charge >= 0.3 is 0 Å². The van der Waals surface area contributed by atoms with Crippen LogP contribution >= 0.6 is 11.6 Å². The second kappa shape index (κ2) is 8.28. The van der Waals surface area contributed by atoms with Crippen LogP contribution in [0.2, 0.25) is 5.15 Å². The molecular weight excluding hydrogens is 416 g/mol. The van der Waals surface area contributed by atoms with Gasteiger partial charge in [-0.1, -0.05) is 11.6 Å². The molecule has 3 N–H and O–H groups in total. The summed E-state index contributed by atoms with van der Waals surface area (Å²) < 4.78 is 1.57. The molecule has 9 heteroatoms. The average molecular weight is 439 g/mol. The zero-order valence-electron chi connectivity index (χ0n) is 17.9. The number of fused-ring (bicyclic) bond motifs is 1. The third-order valence-corrected chi connectivity index (χ3v) is 4.86. The van der Waals surface area contributed by atoms with Crippen LogP contribution < -0.4 is 21.5 Å². The Balaban J connectivity index is 2.15. The van der Waals surface area contributed by atoms with Crippen LogP contribution in [0.1, 0.15) is 36.8 Å². The van der Waals surface area contributed by atoms with Crippen LogP contribution in [0.15, 0.2) is 35.1 Å². The molecule has 0 aliphatic heterocycles. The smallest absolute Gasteiger partial charge is 0.269 e. The van der Waals surface area contributed by atoms with E-state index in [0.29, 0.717) is 17.1 Å². The lowest BCUT2D eigenvalue weighted by Crippen LogP contribution is -2.28. The third kappa shape index (κ3) is 4.62. The number of aryl methyl sites for hydroxylation is 1. The highest BCUT2D eigenvalue weighted by Crippen LogP contribution is 2.31. The predicted molar refractivity (Wildman–Crippen MR) is 123 cm³/mol. The Bertz CT molecular complexity index is 1280. The van der Waals surface area contributed by atoms with Crippen molar-refractivity contribution in [3.63, 3.8) is 0 Å². The van der Waals surface area contributed by atoms with E-state index in [1.54, 1.807) is 23.7 Å². The van der Waals surface area contributed by atoms with E-state index in [-0.39, 0.29) is 27.5 Å². The van der Waals surface area contributed by atoms with Crippen LogP contribution in [-0.2, 0) is 7.05 Å². The summed E-state index contributed by atoms with van der Waals surface area (Å²) in [5.74, 6) is -0.417. The summed E-state index contributed by atoms with van der Waals surface area (Å²) in [6.45, 7) is 6.03. The lowest BCUT2D eigenvalue weighted by molar-refractivity contribution is 0.0958. The zero-order chi connectivity index (χ0) is 22.9. The second-order valence-electron chi connectivity index (χ2n) is 8.10. The lowest BCUT2D eigenvalue weighted by atomic mass is 10.1. The zero-order valence-corrected chi connectivity index (χ0v) is 18.7. The molecule has 0 saturated heterocycles. The van der Waals surface area contributed by atoms with E-state index in [9.17, 15) is 14.9 Å². The Morgan fingerprint density at radius 3 is 2.52 bits per heavy atom. The number of pyridine rings is 2. The van der Waals surface area contributed by atoms with E-state index in [0.717, 1.165) is 10.9 Å². The Morgan fingerprint density at radius 1 is 1.19 bits per heavy atom. The highest BCUT2D eigenvalue weighted by molar-refractivity contribution is 6.31. The maximum atomic E-state index is 12.4. The van der Waals surface area contributed by atoms with Crippen molar-refractivity contribution >= 4 is 45.5 Å². The van der Waals surface area contributed by atoms with Crippen molar-refractivity contribution in [3.8, 4) is 6.07 Å². The molecule has 2 heterocycles. The summed E-state index contributed by atoms with van der Waals surface area (Å²) in [7, 11) is 3.20. The fraction of sp³-hybridized carbons (Fsp3) is 0.273. The van der Waals surface area contributed by atoms with Crippen molar-refractivity contribution < 1.29 is 4.79 Å². The molecule has 0 saturated carbocycles. The molecule has 3 aromatic rings. The number of rotatable bonds is 4. The number of hydrogen-bond acceptors (Lipinski definition) is 6. The van der Waals surface area contributed by atoms with Crippen LogP contribution in [-0.4, -0.2) is 28.0 Å². The van der Waals surface area contributed by atoms with E-state index in [1.165, 1.54) is 13.1 Å². The molecule has 0 fully saturated rings. The number of nitrogens with zero attached hydrogens (tertiary/aromatic N) is 3. The molecule has 160 valence electrons. The van der Waals surface area contributed by atoms with Crippen molar-refractivity contribution in [2.24, 2.45) is 7.05 Å². The van der Waals surface area contributed by atoms with Gasteiger partial charge in [-0.15, -0.1) is 0 Å². The molecular formula is C22H23ClN6O2. The first-order valence-electron chi connectivity index (χ1n) is 9.56. The van der Waals surface area contributed by atoms with Crippen molar-refractivity contribution in [1.29, 1.82) is 5.26 Å². The molecule has 0 spiro atoms. The van der Waals surface area contributed by atoms with Crippen LogP contribution in [0.4, 0.5) is 17.1 Å². The number of benzene rings is 1. The SMILES string of the molecule is CNC(=O)c1cc(Nc2ccc3c(c2)c(NC(C)(C)C)cc(=O)n3C)c(C#N)c(Cl)n1. The van der Waals surface area contributed by atoms with Gasteiger partial charge in [0.05, 0.1) is 11.2 Å². The number of nitrogens with one attached hydrogen (secondary N) is 3. The highest BCUT2D eigenvalue weighted by atomic mass is 35.5. The molecule has 0 aliphatic carbocycles. The van der Waals surface area contributed by atoms with Gasteiger partial charge in [-0.25, -0.2) is 4.98 Å². The van der Waals surface area contributed by atoms with Crippen molar-refractivity contribution in [2.45, 2.75) is 26.3 Å². The van der Waals surface area contributed by atoms with E-state index in [4.69, 9.17) is 11.6 Å². The number of carbonyl (C=O) groups is 1. The molecule has 0 atom stereocenters. The van der Waals surface area contributed by atoms with Crippen molar-refractivity contribution in [1.82, 2.24) is 14.9 Å². The maximum Gasteiger partial charge on any atom is 0.269 e. The van der Waals surface area contributed by atoms with Gasteiger partial charge in [0.2, 0.25) is 0 Å². The molecule has 1 amide bonds. The molecule has 0 radical (unpaired) electrons. The molecule has 31 heavy (non-hydrogen) atoms. The minimum atomic E-state index is -0.417. The number of halogens is 1. The van der Waals surface area contributed by atoms with Gasteiger partial charge in [0, 0.05) is 42.5 Å². The molecule has 0 bridgehead atoms. The number of carbonyl (C=O) groups excluding carboxylic acids is 1. The standard InChI is InChI=1S/C22H23ClN6O2/c1-22(2,3)28-16-10-19(30)29(5)18-7-6-12(8-13(16)18)26-15-9-17(21(31)25-4)27-20(23)14(15)11-24/h6-10,28H,1-5H3,(H,25,31)(H,26,27). The first kappa shape index (κ1) is 22.1. The number of anilines is 3. The summed E-state index contributed by atoms with van der Waals surface area (Å²) in [6, 6.07) is 10.5. The maximum absolute atomic E-state index is 12.4. The molecule has 8 nitrogen and oxygen atoms in total. The summed E-state index contributed by atoms with van der Waals surface area (Å²) in [6.07, 6.45) is 0. The molecule has 1 aromatic carbocycles. The second-order valence-corrected chi connectivity index (χ2v) is 8.46. The average Bonchev–Trinajstić information content (AvgIpc) is 2.70. The minimum Gasteiger partial charge on any atom is -0.380 e. The van der Waals surface area contributed by atoms with Crippen LogP contribution in [0, 0.1) is 11.3 Å². The Labute approximate surface area is 184 Å². The van der Waals surface area contributed by atoms with Crippen molar-refractivity contribution in [2.75, 3.05) is 17.7 Å². The number of aromatic nitrogens is 2. The monoisotopic (exact) mass is 438 g/mol. The highest BCUT2D eigenvalue weighted by Gasteiger charge is 2.17. The summed E-state index contributed by atoms with van der Waals surface area (Å²) in [5.41, 5.74) is 2.31. The quantitative estimate of drug-likeness (QED) is 0.534. The number of amides is 1. The van der Waals surface area contributed by atoms with Gasteiger partial charge in [0.15, 0.2) is 0 Å². The largest absolute Gasteiger partial charge is 0.380 e. The lowest BCUT2D eigenvalue weighted by Gasteiger charge is -2.24. The molecule has 2 aromatic heterocycles. The van der Waals surface area contributed by atoms with Crippen LogP contribution in [0.3, 0.4) is 0 Å². The van der Waals surface area contributed by atoms with Gasteiger partial charge in [0.25, 0.3) is 11.5 Å². The summed E-state index contributed by atoms with van der Waals surface area (Å²) >= 11 is 6.13. The van der Waals surface area contributed by atoms with Gasteiger partial charge in [-0.2, -0.15) is 5.26 Å². The third-order valence-electron chi connectivity index (χ3n) is 4.58. The topological polar surface area (TPSA) is 112 Å². The molecule has 0 aliphatic rings. The predicted octanol–water partition coefficient (Wildman–Crippen LogP) is 3.77. The van der Waals surface area contributed by atoms with Crippen LogP contribution in [0.5, 0.6) is 0 Å². The molecule has 0 unspecified atom stereocenters. The number of hydrogen-bond donors (Lipinski definition) is 3. The van der Waals surface area contributed by atoms with Gasteiger partial charge in [-0.05, 0) is 45.0 Å². The molecule has 3 rings (SSSR count). The van der Waals surface area contributed by atoms with Gasteiger partial charge in [0.1, 0.15) is 22.5 Å².